The Labute approximate surface area is 93.4 Å². The number of hydrogen-bond donors (Lipinski definition) is 3. The van der Waals surface area contributed by atoms with E-state index in [-0.39, 0.29) is 12.5 Å². The number of rotatable bonds is 3. The molecule has 16 heavy (non-hydrogen) atoms. The van der Waals surface area contributed by atoms with E-state index in [0.29, 0.717) is 5.82 Å². The van der Waals surface area contributed by atoms with E-state index in [9.17, 15) is 9.59 Å². The number of amides is 3. The highest BCUT2D eigenvalue weighted by atomic mass is 16.2. The molecule has 0 spiro atoms. The van der Waals surface area contributed by atoms with Crippen molar-refractivity contribution < 1.29 is 9.59 Å². The average molecular weight is 222 g/mol. The SMILES string of the molecule is CNC(=O)NCC(=O)Nc1cc(C)ccn1. The number of carbonyl (C=O) groups excluding carboxylic acids is 2. The van der Waals surface area contributed by atoms with Gasteiger partial charge in [0.15, 0.2) is 0 Å². The van der Waals surface area contributed by atoms with Crippen molar-refractivity contribution in [1.82, 2.24) is 15.6 Å². The number of hydrogen-bond acceptors (Lipinski definition) is 3. The van der Waals surface area contributed by atoms with Gasteiger partial charge in [0.2, 0.25) is 5.91 Å². The Morgan fingerprint density at radius 3 is 2.81 bits per heavy atom. The summed E-state index contributed by atoms with van der Waals surface area (Å²) < 4.78 is 0. The molecule has 0 atom stereocenters. The summed E-state index contributed by atoms with van der Waals surface area (Å²) in [6.07, 6.45) is 1.61. The molecule has 0 aliphatic rings. The third-order valence-corrected chi connectivity index (χ3v) is 1.82. The number of carbonyl (C=O) groups is 2. The van der Waals surface area contributed by atoms with Crippen molar-refractivity contribution in [1.29, 1.82) is 0 Å². The first-order valence-electron chi connectivity index (χ1n) is 4.80. The highest BCUT2D eigenvalue weighted by Crippen LogP contribution is 2.04. The number of pyridine rings is 1. The van der Waals surface area contributed by atoms with Crippen LogP contribution in [0, 0.1) is 6.92 Å². The monoisotopic (exact) mass is 222 g/mol. The molecule has 86 valence electrons. The lowest BCUT2D eigenvalue weighted by Gasteiger charge is -2.06. The van der Waals surface area contributed by atoms with Gasteiger partial charge in [-0.15, -0.1) is 0 Å². The molecular formula is C10H14N4O2. The zero-order valence-electron chi connectivity index (χ0n) is 9.20. The van der Waals surface area contributed by atoms with Crippen LogP contribution in [0.2, 0.25) is 0 Å². The van der Waals surface area contributed by atoms with Gasteiger partial charge >= 0.3 is 6.03 Å². The van der Waals surface area contributed by atoms with Gasteiger partial charge in [-0.2, -0.15) is 0 Å². The summed E-state index contributed by atoms with van der Waals surface area (Å²) in [6.45, 7) is 1.81. The molecule has 0 saturated carbocycles. The summed E-state index contributed by atoms with van der Waals surface area (Å²) in [5, 5.41) is 7.29. The fourth-order valence-corrected chi connectivity index (χ4v) is 1.04. The lowest BCUT2D eigenvalue weighted by atomic mass is 10.3. The molecule has 3 N–H and O–H groups in total. The largest absolute Gasteiger partial charge is 0.341 e. The first-order valence-corrected chi connectivity index (χ1v) is 4.80. The van der Waals surface area contributed by atoms with E-state index in [4.69, 9.17) is 0 Å². The molecular weight excluding hydrogens is 208 g/mol. The van der Waals surface area contributed by atoms with Gasteiger partial charge in [-0.05, 0) is 24.6 Å². The van der Waals surface area contributed by atoms with E-state index < -0.39 is 6.03 Å². The molecule has 0 aromatic carbocycles. The standard InChI is InChI=1S/C10H14N4O2/c1-7-3-4-12-8(5-7)14-9(15)6-13-10(16)11-2/h3-5H,6H2,1-2H3,(H2,11,13,16)(H,12,14,15). The van der Waals surface area contributed by atoms with E-state index >= 15 is 0 Å². The molecule has 0 fully saturated rings. The minimum absolute atomic E-state index is 0.0880. The average Bonchev–Trinajstić information content (AvgIpc) is 2.26. The maximum atomic E-state index is 11.4. The Hall–Kier alpha value is -2.11. The minimum Gasteiger partial charge on any atom is -0.341 e. The van der Waals surface area contributed by atoms with Crippen molar-refractivity contribution in [2.24, 2.45) is 0 Å². The van der Waals surface area contributed by atoms with E-state index in [1.54, 1.807) is 12.3 Å². The van der Waals surface area contributed by atoms with Gasteiger partial charge in [0.05, 0.1) is 6.54 Å². The lowest BCUT2D eigenvalue weighted by Crippen LogP contribution is -2.38. The highest BCUT2D eigenvalue weighted by molar-refractivity contribution is 5.93. The van der Waals surface area contributed by atoms with Crippen molar-refractivity contribution in [3.63, 3.8) is 0 Å². The van der Waals surface area contributed by atoms with Crippen LogP contribution in [0.3, 0.4) is 0 Å². The molecule has 6 nitrogen and oxygen atoms in total. The van der Waals surface area contributed by atoms with Crippen molar-refractivity contribution in [2.75, 3.05) is 18.9 Å². The predicted octanol–water partition coefficient (Wildman–Crippen LogP) is 0.258. The summed E-state index contributed by atoms with van der Waals surface area (Å²) in [4.78, 5) is 26.1. The van der Waals surface area contributed by atoms with Crippen molar-refractivity contribution in [2.45, 2.75) is 6.92 Å². The summed E-state index contributed by atoms with van der Waals surface area (Å²) in [5.74, 6) is 0.158. The molecule has 3 amide bonds. The third kappa shape index (κ3) is 3.95. The van der Waals surface area contributed by atoms with Crippen LogP contribution in [0.25, 0.3) is 0 Å². The topological polar surface area (TPSA) is 83.1 Å². The van der Waals surface area contributed by atoms with E-state index in [2.05, 4.69) is 20.9 Å². The van der Waals surface area contributed by atoms with Crippen LogP contribution in [-0.2, 0) is 4.79 Å². The molecule has 0 unspecified atom stereocenters. The van der Waals surface area contributed by atoms with Crippen LogP contribution < -0.4 is 16.0 Å². The summed E-state index contributed by atoms with van der Waals surface area (Å²) in [6, 6.07) is 3.18. The zero-order chi connectivity index (χ0) is 12.0. The Balaban J connectivity index is 2.43. The molecule has 0 bridgehead atoms. The Morgan fingerprint density at radius 1 is 1.44 bits per heavy atom. The van der Waals surface area contributed by atoms with Gasteiger partial charge in [-0.3, -0.25) is 4.79 Å². The van der Waals surface area contributed by atoms with Crippen LogP contribution >= 0.6 is 0 Å². The molecule has 1 heterocycles. The first kappa shape index (κ1) is 12.0. The maximum Gasteiger partial charge on any atom is 0.314 e. The molecule has 1 aromatic rings. The number of urea groups is 1. The molecule has 1 aromatic heterocycles. The predicted molar refractivity (Wildman–Crippen MR) is 60.1 cm³/mol. The van der Waals surface area contributed by atoms with Crippen LogP contribution in [0.1, 0.15) is 5.56 Å². The molecule has 0 aliphatic heterocycles. The Kier molecular flexibility index (Phi) is 4.26. The van der Waals surface area contributed by atoms with Crippen LogP contribution in [0.4, 0.5) is 10.6 Å². The van der Waals surface area contributed by atoms with Gasteiger partial charge in [0.1, 0.15) is 5.82 Å². The second kappa shape index (κ2) is 5.69. The van der Waals surface area contributed by atoms with Crippen LogP contribution in [0.5, 0.6) is 0 Å². The smallest absolute Gasteiger partial charge is 0.314 e. The number of aromatic nitrogens is 1. The Morgan fingerprint density at radius 2 is 2.19 bits per heavy atom. The maximum absolute atomic E-state index is 11.4. The number of nitrogens with one attached hydrogen (secondary N) is 3. The molecule has 0 aliphatic carbocycles. The lowest BCUT2D eigenvalue weighted by molar-refractivity contribution is -0.115. The van der Waals surface area contributed by atoms with E-state index in [1.165, 1.54) is 7.05 Å². The van der Waals surface area contributed by atoms with Crippen molar-refractivity contribution >= 4 is 17.8 Å². The highest BCUT2D eigenvalue weighted by Gasteiger charge is 2.04. The molecule has 0 radical (unpaired) electrons. The quantitative estimate of drug-likeness (QED) is 0.686. The van der Waals surface area contributed by atoms with Gasteiger partial charge in [0, 0.05) is 13.2 Å². The normalized spacial score (nSPS) is 9.38. The number of nitrogens with zero attached hydrogens (tertiary/aromatic N) is 1. The number of anilines is 1. The molecule has 6 heteroatoms. The zero-order valence-corrected chi connectivity index (χ0v) is 9.20. The van der Waals surface area contributed by atoms with Gasteiger partial charge in [0.25, 0.3) is 0 Å². The fraction of sp³-hybridized carbons (Fsp3) is 0.300. The van der Waals surface area contributed by atoms with E-state index in [1.807, 2.05) is 13.0 Å². The molecule has 0 saturated heterocycles. The van der Waals surface area contributed by atoms with Crippen molar-refractivity contribution in [3.8, 4) is 0 Å². The van der Waals surface area contributed by atoms with Crippen LogP contribution in [-0.4, -0.2) is 30.5 Å². The second-order valence-corrected chi connectivity index (χ2v) is 3.20. The van der Waals surface area contributed by atoms with Gasteiger partial charge in [-0.25, -0.2) is 9.78 Å². The Bertz CT molecular complexity index is 392. The van der Waals surface area contributed by atoms with Crippen LogP contribution in [0.15, 0.2) is 18.3 Å². The fourth-order valence-electron chi connectivity index (χ4n) is 1.04. The third-order valence-electron chi connectivity index (χ3n) is 1.82. The van der Waals surface area contributed by atoms with Gasteiger partial charge < -0.3 is 16.0 Å². The van der Waals surface area contributed by atoms with E-state index in [0.717, 1.165) is 5.56 Å². The minimum atomic E-state index is -0.396. The summed E-state index contributed by atoms with van der Waals surface area (Å²) in [7, 11) is 1.48. The van der Waals surface area contributed by atoms with Gasteiger partial charge in [-0.1, -0.05) is 0 Å². The second-order valence-electron chi connectivity index (χ2n) is 3.20. The number of aryl methyl sites for hydroxylation is 1. The first-order chi connectivity index (χ1) is 7.61. The summed E-state index contributed by atoms with van der Waals surface area (Å²) in [5.41, 5.74) is 1.00. The summed E-state index contributed by atoms with van der Waals surface area (Å²) >= 11 is 0. The van der Waals surface area contributed by atoms with Crippen molar-refractivity contribution in [3.05, 3.63) is 23.9 Å². The molecule has 1 rings (SSSR count).